The third kappa shape index (κ3) is 2.42. The molecule has 1 heterocycles. The van der Waals surface area contributed by atoms with Gasteiger partial charge in [-0.15, -0.1) is 0 Å². The minimum Gasteiger partial charge on any atom is -0.478 e. The van der Waals surface area contributed by atoms with Gasteiger partial charge in [-0.1, -0.05) is 18.2 Å². The van der Waals surface area contributed by atoms with E-state index in [4.69, 9.17) is 5.11 Å². The number of nitrogens with zero attached hydrogens (tertiary/aromatic N) is 1. The number of carboxylic acids is 1. The van der Waals surface area contributed by atoms with Crippen molar-refractivity contribution in [2.75, 3.05) is 11.4 Å². The molecule has 1 aromatic rings. The van der Waals surface area contributed by atoms with Crippen molar-refractivity contribution in [3.05, 3.63) is 41.5 Å². The van der Waals surface area contributed by atoms with Crippen molar-refractivity contribution in [3.8, 4) is 0 Å². The molecule has 94 valence electrons. The van der Waals surface area contributed by atoms with E-state index in [1.165, 1.54) is 13.0 Å². The third-order valence-electron chi connectivity index (χ3n) is 3.05. The Bertz CT molecular complexity index is 520. The summed E-state index contributed by atoms with van der Waals surface area (Å²) in [7, 11) is 0. The van der Waals surface area contributed by atoms with Crippen molar-refractivity contribution in [3.63, 3.8) is 0 Å². The molecule has 1 aliphatic heterocycles. The average molecular weight is 245 g/mol. The van der Waals surface area contributed by atoms with Crippen LogP contribution in [0, 0.1) is 0 Å². The SMILES string of the molecule is C/C(=C\C(=O)N1CCCc2ccccc21)C(=O)O. The number of carboxylic acid groups (broad SMARTS) is 1. The van der Waals surface area contributed by atoms with Gasteiger partial charge in [0.2, 0.25) is 0 Å². The summed E-state index contributed by atoms with van der Waals surface area (Å²) < 4.78 is 0. The number of hydrogen-bond donors (Lipinski definition) is 1. The van der Waals surface area contributed by atoms with Gasteiger partial charge in [0, 0.05) is 23.9 Å². The van der Waals surface area contributed by atoms with Gasteiger partial charge in [-0.05, 0) is 31.4 Å². The Labute approximate surface area is 106 Å². The first-order valence-electron chi connectivity index (χ1n) is 5.90. The minimum atomic E-state index is -1.06. The average Bonchev–Trinajstić information content (AvgIpc) is 2.37. The maximum Gasteiger partial charge on any atom is 0.331 e. The van der Waals surface area contributed by atoms with Crippen LogP contribution < -0.4 is 4.90 Å². The van der Waals surface area contributed by atoms with Gasteiger partial charge in [-0.2, -0.15) is 0 Å². The van der Waals surface area contributed by atoms with Crippen LogP contribution in [-0.2, 0) is 16.0 Å². The van der Waals surface area contributed by atoms with Crippen molar-refractivity contribution >= 4 is 17.6 Å². The Hall–Kier alpha value is -2.10. The van der Waals surface area contributed by atoms with Crippen LogP contribution in [0.4, 0.5) is 5.69 Å². The van der Waals surface area contributed by atoms with Crippen LogP contribution >= 0.6 is 0 Å². The number of benzene rings is 1. The minimum absolute atomic E-state index is 0.0584. The van der Waals surface area contributed by atoms with Crippen molar-refractivity contribution in [1.29, 1.82) is 0 Å². The van der Waals surface area contributed by atoms with Crippen LogP contribution in [0.15, 0.2) is 35.9 Å². The highest BCUT2D eigenvalue weighted by Crippen LogP contribution is 2.26. The Morgan fingerprint density at radius 2 is 2.06 bits per heavy atom. The number of hydrogen-bond acceptors (Lipinski definition) is 2. The quantitative estimate of drug-likeness (QED) is 0.811. The predicted molar refractivity (Wildman–Crippen MR) is 68.5 cm³/mol. The number of aliphatic carboxylic acids is 1. The fourth-order valence-electron chi connectivity index (χ4n) is 2.09. The van der Waals surface area contributed by atoms with Crippen molar-refractivity contribution in [2.24, 2.45) is 0 Å². The Morgan fingerprint density at radius 1 is 1.33 bits per heavy atom. The van der Waals surface area contributed by atoms with Crippen molar-refractivity contribution in [1.82, 2.24) is 0 Å². The second-order valence-electron chi connectivity index (χ2n) is 4.35. The molecular formula is C14H15NO3. The van der Waals surface area contributed by atoms with Gasteiger partial charge in [-0.3, -0.25) is 4.79 Å². The molecule has 0 saturated heterocycles. The van der Waals surface area contributed by atoms with E-state index in [1.54, 1.807) is 4.90 Å². The number of carbonyl (C=O) groups is 2. The largest absolute Gasteiger partial charge is 0.478 e. The van der Waals surface area contributed by atoms with E-state index >= 15 is 0 Å². The molecular weight excluding hydrogens is 230 g/mol. The molecule has 0 fully saturated rings. The van der Waals surface area contributed by atoms with Gasteiger partial charge in [0.15, 0.2) is 0 Å². The molecule has 1 N–H and O–H groups in total. The lowest BCUT2D eigenvalue weighted by Gasteiger charge is -2.28. The summed E-state index contributed by atoms with van der Waals surface area (Å²) in [5.41, 5.74) is 2.09. The van der Waals surface area contributed by atoms with Gasteiger partial charge >= 0.3 is 5.97 Å². The number of carbonyl (C=O) groups excluding carboxylic acids is 1. The van der Waals surface area contributed by atoms with Crippen LogP contribution in [0.2, 0.25) is 0 Å². The number of anilines is 1. The summed E-state index contributed by atoms with van der Waals surface area (Å²) in [5.74, 6) is -1.32. The lowest BCUT2D eigenvalue weighted by atomic mass is 10.0. The first-order valence-corrected chi connectivity index (χ1v) is 5.90. The highest BCUT2D eigenvalue weighted by atomic mass is 16.4. The van der Waals surface area contributed by atoms with E-state index in [-0.39, 0.29) is 11.5 Å². The van der Waals surface area contributed by atoms with Crippen LogP contribution in [0.5, 0.6) is 0 Å². The molecule has 0 saturated carbocycles. The number of fused-ring (bicyclic) bond motifs is 1. The molecule has 0 bridgehead atoms. The zero-order valence-corrected chi connectivity index (χ0v) is 10.2. The lowest BCUT2D eigenvalue weighted by molar-refractivity contribution is -0.132. The Morgan fingerprint density at radius 3 is 2.78 bits per heavy atom. The third-order valence-corrected chi connectivity index (χ3v) is 3.05. The predicted octanol–water partition coefficient (Wildman–Crippen LogP) is 2.00. The van der Waals surface area contributed by atoms with Gasteiger partial charge in [-0.25, -0.2) is 4.79 Å². The maximum atomic E-state index is 12.1. The van der Waals surface area contributed by atoms with Crippen molar-refractivity contribution in [2.45, 2.75) is 19.8 Å². The monoisotopic (exact) mass is 245 g/mol. The maximum absolute atomic E-state index is 12.1. The first kappa shape index (κ1) is 12.4. The van der Waals surface area contributed by atoms with E-state index in [9.17, 15) is 9.59 Å². The van der Waals surface area contributed by atoms with E-state index in [0.29, 0.717) is 6.54 Å². The molecule has 0 radical (unpaired) electrons. The molecule has 0 unspecified atom stereocenters. The molecule has 4 nitrogen and oxygen atoms in total. The second kappa shape index (κ2) is 5.04. The van der Waals surface area contributed by atoms with Gasteiger partial charge in [0.05, 0.1) is 0 Å². The summed E-state index contributed by atoms with van der Waals surface area (Å²) in [6.07, 6.45) is 3.05. The summed E-state index contributed by atoms with van der Waals surface area (Å²) in [4.78, 5) is 24.4. The lowest BCUT2D eigenvalue weighted by Crippen LogP contribution is -2.34. The molecule has 0 aromatic heterocycles. The van der Waals surface area contributed by atoms with Gasteiger partial charge in [0.25, 0.3) is 5.91 Å². The van der Waals surface area contributed by atoms with Crippen LogP contribution in [0.3, 0.4) is 0 Å². The second-order valence-corrected chi connectivity index (χ2v) is 4.35. The van der Waals surface area contributed by atoms with E-state index in [2.05, 4.69) is 0 Å². The molecule has 0 aliphatic carbocycles. The number of amides is 1. The highest BCUT2D eigenvalue weighted by molar-refractivity contribution is 6.06. The molecule has 1 aliphatic rings. The standard InChI is InChI=1S/C14H15NO3/c1-10(14(17)18)9-13(16)15-8-4-6-11-5-2-3-7-12(11)15/h2-3,5,7,9H,4,6,8H2,1H3,(H,17,18)/b10-9+. The van der Waals surface area contributed by atoms with E-state index < -0.39 is 5.97 Å². The topological polar surface area (TPSA) is 57.6 Å². The zero-order chi connectivity index (χ0) is 13.1. The molecule has 2 rings (SSSR count). The normalized spacial score (nSPS) is 15.2. The Balaban J connectivity index is 2.28. The van der Waals surface area contributed by atoms with Crippen LogP contribution in [0.1, 0.15) is 18.9 Å². The zero-order valence-electron chi connectivity index (χ0n) is 10.2. The van der Waals surface area contributed by atoms with E-state index in [1.807, 2.05) is 24.3 Å². The molecule has 1 amide bonds. The van der Waals surface area contributed by atoms with Crippen LogP contribution in [0.25, 0.3) is 0 Å². The van der Waals surface area contributed by atoms with Crippen LogP contribution in [-0.4, -0.2) is 23.5 Å². The number of aryl methyl sites for hydroxylation is 1. The highest BCUT2D eigenvalue weighted by Gasteiger charge is 2.21. The molecule has 1 aromatic carbocycles. The Kier molecular flexibility index (Phi) is 3.46. The summed E-state index contributed by atoms with van der Waals surface area (Å²) in [6.45, 7) is 2.06. The number of para-hydroxylation sites is 1. The molecule has 0 atom stereocenters. The first-order chi connectivity index (χ1) is 8.59. The smallest absolute Gasteiger partial charge is 0.331 e. The fraction of sp³-hybridized carbons (Fsp3) is 0.286. The molecule has 0 spiro atoms. The number of rotatable bonds is 2. The van der Waals surface area contributed by atoms with E-state index in [0.717, 1.165) is 24.1 Å². The van der Waals surface area contributed by atoms with Crippen molar-refractivity contribution < 1.29 is 14.7 Å². The van der Waals surface area contributed by atoms with Gasteiger partial charge in [0.1, 0.15) is 0 Å². The summed E-state index contributed by atoms with van der Waals surface area (Å²) >= 11 is 0. The fourth-order valence-corrected chi connectivity index (χ4v) is 2.09. The summed E-state index contributed by atoms with van der Waals surface area (Å²) in [6, 6.07) is 7.74. The summed E-state index contributed by atoms with van der Waals surface area (Å²) in [5, 5.41) is 8.79. The molecule has 18 heavy (non-hydrogen) atoms. The van der Waals surface area contributed by atoms with Gasteiger partial charge < -0.3 is 10.0 Å². The molecule has 4 heteroatoms.